The second-order valence-electron chi connectivity index (χ2n) is 13.1. The third-order valence-corrected chi connectivity index (χ3v) is 11.0. The van der Waals surface area contributed by atoms with Crippen LogP contribution in [-0.4, -0.2) is 58.5 Å². The number of ketones is 1. The van der Waals surface area contributed by atoms with Gasteiger partial charge in [-0.3, -0.25) is 9.28 Å². The van der Waals surface area contributed by atoms with Crippen molar-refractivity contribution in [2.75, 3.05) is 20.2 Å². The van der Waals surface area contributed by atoms with Crippen molar-refractivity contribution in [2.24, 2.45) is 11.3 Å². The number of aryl methyl sites for hydroxylation is 1. The number of aliphatic hydroxyl groups is 1. The Morgan fingerprint density at radius 1 is 1.00 bits per heavy atom. The van der Waals surface area contributed by atoms with Crippen molar-refractivity contribution >= 4 is 5.78 Å². The number of aromatic nitrogens is 1. The van der Waals surface area contributed by atoms with Crippen LogP contribution in [0.15, 0.2) is 36.6 Å². The summed E-state index contributed by atoms with van der Waals surface area (Å²) in [7, 11) is 1.89. The van der Waals surface area contributed by atoms with E-state index in [-0.39, 0.29) is 29.5 Å². The molecule has 2 spiro atoms. The van der Waals surface area contributed by atoms with E-state index in [9.17, 15) is 9.90 Å². The average molecular weight is 522 g/mol. The normalized spacial score (nSPS) is 41.7. The first-order valence-corrected chi connectivity index (χ1v) is 15.7. The lowest BCUT2D eigenvalue weighted by atomic mass is 9.65. The maximum absolute atomic E-state index is 14.9. The first kappa shape index (κ1) is 26.5. The maximum atomic E-state index is 14.9. The first-order valence-electron chi connectivity index (χ1n) is 15.7. The molecule has 1 aromatic rings. The van der Waals surface area contributed by atoms with E-state index < -0.39 is 6.10 Å². The Kier molecular flexibility index (Phi) is 7.72. The molecular weight excluding hydrogens is 472 g/mol. The fraction of sp³-hybridized carbons (Fsp3) is 0.727. The summed E-state index contributed by atoms with van der Waals surface area (Å²) in [5, 5.41) is 12.0. The van der Waals surface area contributed by atoms with Gasteiger partial charge in [0.15, 0.2) is 12.0 Å². The molecule has 208 valence electrons. The molecule has 5 nitrogen and oxygen atoms in total. The zero-order valence-electron chi connectivity index (χ0n) is 23.5. The smallest absolute Gasteiger partial charge is 0.200 e. The van der Waals surface area contributed by atoms with Gasteiger partial charge in [-0.2, -0.15) is 0 Å². The third-order valence-electron chi connectivity index (χ3n) is 11.0. The van der Waals surface area contributed by atoms with Crippen molar-refractivity contribution < 1.29 is 19.1 Å². The predicted molar refractivity (Wildman–Crippen MR) is 151 cm³/mol. The molecule has 5 heteroatoms. The second-order valence-corrected chi connectivity index (χ2v) is 13.1. The van der Waals surface area contributed by atoms with Crippen molar-refractivity contribution in [3.8, 4) is 0 Å². The lowest BCUT2D eigenvalue weighted by Crippen LogP contribution is -2.67. The number of rotatable bonds is 1. The Labute approximate surface area is 229 Å². The minimum Gasteiger partial charge on any atom is -0.387 e. The summed E-state index contributed by atoms with van der Waals surface area (Å²) in [5.74, 6) is 0.409. The van der Waals surface area contributed by atoms with E-state index in [4.69, 9.17) is 4.74 Å². The number of carbonyl (C=O) groups is 1. The number of quaternary nitrogens is 1. The molecule has 0 amide bonds. The summed E-state index contributed by atoms with van der Waals surface area (Å²) in [5.41, 5.74) is 2.14. The Bertz CT molecular complexity index is 1060. The number of hydrogen-bond acceptors (Lipinski definition) is 3. The van der Waals surface area contributed by atoms with Gasteiger partial charge < -0.3 is 14.4 Å². The lowest BCUT2D eigenvalue weighted by molar-refractivity contribution is -0.993. The number of hydrogen-bond donors (Lipinski definition) is 1. The molecule has 4 bridgehead atoms. The van der Waals surface area contributed by atoms with Gasteiger partial charge in [0.1, 0.15) is 12.1 Å². The van der Waals surface area contributed by atoms with Crippen LogP contribution < -0.4 is 0 Å². The van der Waals surface area contributed by atoms with Gasteiger partial charge in [-0.05, 0) is 50.2 Å². The Morgan fingerprint density at radius 2 is 1.76 bits per heavy atom. The SMILES string of the molecule is CO[C@H]1[C@@H]2C[C@]34CCCCCCCCCCn5ccc2c5C(=O)[C@@H]3[C@H]2C(O)C/C=C\C/C=C\CCC[N@@+]21C4. The van der Waals surface area contributed by atoms with Crippen LogP contribution in [0.25, 0.3) is 0 Å². The number of Topliss-reactive ketones (excluding diaryl/α,β-unsaturated/α-hetero) is 1. The highest BCUT2D eigenvalue weighted by Gasteiger charge is 2.74. The molecular formula is C33H49N2O3+. The summed E-state index contributed by atoms with van der Waals surface area (Å²) in [4.78, 5) is 14.9. The summed E-state index contributed by atoms with van der Waals surface area (Å²) in [6.45, 7) is 2.89. The summed E-state index contributed by atoms with van der Waals surface area (Å²) < 4.78 is 9.58. The van der Waals surface area contributed by atoms with Crippen molar-refractivity contribution in [3.63, 3.8) is 0 Å². The Hall–Kier alpha value is -1.69. The van der Waals surface area contributed by atoms with Gasteiger partial charge in [-0.25, -0.2) is 0 Å². The number of methoxy groups -OCH3 is 1. The number of ether oxygens (including phenoxy) is 1. The zero-order chi connectivity index (χ0) is 26.2. The van der Waals surface area contributed by atoms with Gasteiger partial charge in [-0.1, -0.05) is 69.2 Å². The second kappa shape index (κ2) is 11.1. The molecule has 0 radical (unpaired) electrons. The van der Waals surface area contributed by atoms with Gasteiger partial charge in [0.25, 0.3) is 0 Å². The topological polar surface area (TPSA) is 51.5 Å². The van der Waals surface area contributed by atoms with Gasteiger partial charge in [0.05, 0.1) is 30.6 Å². The standard InChI is InChI=1S/C33H49N2O3/c1-38-32-26-23-33-19-14-10-6-2-3-7-11-15-20-34-21-18-25(26)29(34)31(37)28(33)30-27(36)17-13-9-5-4-8-12-16-22-35(30,32)24-33/h4,8-9,13,18,21,26-28,30,32,36H,2-3,5-7,10-12,14-17,19-20,22-24H2,1H3/q+1/b8-4-,13-9-/t26-,27?,28+,30-,32+,33+,35-/m1/s1. The van der Waals surface area contributed by atoms with E-state index in [0.29, 0.717) is 12.2 Å². The molecule has 1 unspecified atom stereocenters. The molecule has 4 aliphatic heterocycles. The van der Waals surface area contributed by atoms with Crippen molar-refractivity contribution in [1.29, 1.82) is 0 Å². The van der Waals surface area contributed by atoms with E-state index in [1.165, 1.54) is 50.5 Å². The quantitative estimate of drug-likeness (QED) is 0.338. The van der Waals surface area contributed by atoms with Gasteiger partial charge in [0, 0.05) is 31.7 Å². The molecule has 38 heavy (non-hydrogen) atoms. The van der Waals surface area contributed by atoms with E-state index >= 15 is 0 Å². The third kappa shape index (κ3) is 4.37. The van der Waals surface area contributed by atoms with E-state index in [1.807, 2.05) is 7.11 Å². The average Bonchev–Trinajstić information content (AvgIpc) is 3.40. The molecule has 1 aliphatic carbocycles. The summed E-state index contributed by atoms with van der Waals surface area (Å²) >= 11 is 0. The van der Waals surface area contributed by atoms with Crippen molar-refractivity contribution in [2.45, 2.75) is 121 Å². The number of fused-ring (bicyclic) bond motifs is 2. The number of piperidine rings is 1. The predicted octanol–water partition coefficient (Wildman–Crippen LogP) is 6.52. The summed E-state index contributed by atoms with van der Waals surface area (Å²) in [6, 6.07) is 2.16. The Morgan fingerprint density at radius 3 is 2.58 bits per heavy atom. The molecule has 1 aromatic heterocycles. The molecule has 0 aromatic carbocycles. The van der Waals surface area contributed by atoms with Crippen molar-refractivity contribution in [3.05, 3.63) is 47.8 Å². The van der Waals surface area contributed by atoms with E-state index in [2.05, 4.69) is 41.1 Å². The highest BCUT2D eigenvalue weighted by Crippen LogP contribution is 2.64. The molecule has 5 aliphatic rings. The fourth-order valence-corrected chi connectivity index (χ4v) is 9.62. The minimum absolute atomic E-state index is 0.00902. The number of aliphatic hydroxyl groups excluding tert-OH is 1. The lowest BCUT2D eigenvalue weighted by Gasteiger charge is -2.53. The molecule has 6 rings (SSSR count). The molecule has 5 heterocycles. The summed E-state index contributed by atoms with van der Waals surface area (Å²) in [6.07, 6.45) is 26.5. The van der Waals surface area contributed by atoms with E-state index in [1.54, 1.807) is 0 Å². The Balaban J connectivity index is 1.51. The first-order chi connectivity index (χ1) is 18.6. The highest BCUT2D eigenvalue weighted by molar-refractivity contribution is 6.00. The van der Waals surface area contributed by atoms with E-state index in [0.717, 1.165) is 68.3 Å². The van der Waals surface area contributed by atoms with Crippen LogP contribution in [0, 0.1) is 11.3 Å². The van der Waals surface area contributed by atoms with Crippen LogP contribution in [-0.2, 0) is 11.3 Å². The van der Waals surface area contributed by atoms with Crippen LogP contribution in [0.3, 0.4) is 0 Å². The van der Waals surface area contributed by atoms with Crippen LogP contribution in [0.1, 0.15) is 112 Å². The molecule has 1 N–H and O–H groups in total. The van der Waals surface area contributed by atoms with Gasteiger partial charge in [-0.15, -0.1) is 0 Å². The van der Waals surface area contributed by atoms with Crippen LogP contribution in [0.5, 0.6) is 0 Å². The van der Waals surface area contributed by atoms with Gasteiger partial charge in [0.2, 0.25) is 0 Å². The monoisotopic (exact) mass is 521 g/mol. The van der Waals surface area contributed by atoms with Crippen LogP contribution in [0.4, 0.5) is 0 Å². The maximum Gasteiger partial charge on any atom is 0.200 e. The van der Waals surface area contributed by atoms with Crippen LogP contribution >= 0.6 is 0 Å². The van der Waals surface area contributed by atoms with Crippen LogP contribution in [0.2, 0.25) is 0 Å². The molecule has 0 saturated carbocycles. The molecule has 2 fully saturated rings. The number of carbonyl (C=O) groups excluding carboxylic acids is 1. The zero-order valence-corrected chi connectivity index (χ0v) is 23.5. The number of nitrogens with zero attached hydrogens (tertiary/aromatic N) is 2. The fourth-order valence-electron chi connectivity index (χ4n) is 9.62. The molecule has 7 atom stereocenters. The largest absolute Gasteiger partial charge is 0.387 e. The van der Waals surface area contributed by atoms with Crippen molar-refractivity contribution in [1.82, 2.24) is 4.57 Å². The minimum atomic E-state index is -0.533. The van der Waals surface area contributed by atoms with Gasteiger partial charge >= 0.3 is 0 Å². The molecule has 2 saturated heterocycles. The number of allylic oxidation sites excluding steroid dienone is 3. The highest BCUT2D eigenvalue weighted by atomic mass is 16.5.